The molecule has 2 aromatic carbocycles. The predicted octanol–water partition coefficient (Wildman–Crippen LogP) is 2.57. The monoisotopic (exact) mass is 365 g/mol. The molecule has 27 heavy (non-hydrogen) atoms. The first-order chi connectivity index (χ1) is 13.1. The van der Waals surface area contributed by atoms with E-state index < -0.39 is 0 Å². The second kappa shape index (κ2) is 8.18. The van der Waals surface area contributed by atoms with Crippen molar-refractivity contribution >= 4 is 11.6 Å². The molecule has 0 bridgehead atoms. The predicted molar refractivity (Wildman–Crippen MR) is 102 cm³/mol. The molecule has 0 saturated carbocycles. The standard InChI is InChI=1S/C20H19N3O4/c1-26-16-7-3-14(4-8-16)18-11-12-20(25)23(22-18)13-19(24)21-15-5-9-17(27-2)10-6-15/h3-12H,13H2,1-2H3,(H,21,24). The van der Waals surface area contributed by atoms with Crippen molar-refractivity contribution in [3.05, 3.63) is 71.0 Å². The van der Waals surface area contributed by atoms with E-state index in [2.05, 4.69) is 10.4 Å². The van der Waals surface area contributed by atoms with Crippen LogP contribution in [0.1, 0.15) is 0 Å². The van der Waals surface area contributed by atoms with Gasteiger partial charge in [0.1, 0.15) is 18.0 Å². The summed E-state index contributed by atoms with van der Waals surface area (Å²) in [5, 5.41) is 7.02. The number of anilines is 1. The lowest BCUT2D eigenvalue weighted by atomic mass is 10.1. The highest BCUT2D eigenvalue weighted by Crippen LogP contribution is 2.19. The molecule has 1 heterocycles. The maximum Gasteiger partial charge on any atom is 0.267 e. The average molecular weight is 365 g/mol. The zero-order valence-electron chi connectivity index (χ0n) is 15.0. The van der Waals surface area contributed by atoms with Gasteiger partial charge in [0.2, 0.25) is 5.91 Å². The molecule has 0 aliphatic heterocycles. The van der Waals surface area contributed by atoms with Crippen LogP contribution in [0.2, 0.25) is 0 Å². The number of hydrogen-bond donors (Lipinski definition) is 1. The van der Waals surface area contributed by atoms with E-state index in [9.17, 15) is 9.59 Å². The molecule has 1 amide bonds. The minimum atomic E-state index is -0.350. The Balaban J connectivity index is 1.75. The van der Waals surface area contributed by atoms with Crippen LogP contribution in [0.4, 0.5) is 5.69 Å². The number of hydrogen-bond acceptors (Lipinski definition) is 5. The molecule has 0 unspecified atom stereocenters. The first-order valence-corrected chi connectivity index (χ1v) is 8.25. The number of rotatable bonds is 6. The Kier molecular flexibility index (Phi) is 5.51. The molecule has 1 N–H and O–H groups in total. The molecular formula is C20H19N3O4. The number of carbonyl (C=O) groups excluding carboxylic acids is 1. The summed E-state index contributed by atoms with van der Waals surface area (Å²) in [7, 11) is 3.16. The summed E-state index contributed by atoms with van der Waals surface area (Å²) in [6, 6.07) is 17.2. The number of nitrogens with one attached hydrogen (secondary N) is 1. The summed E-state index contributed by atoms with van der Waals surface area (Å²) in [4.78, 5) is 24.3. The van der Waals surface area contributed by atoms with Gasteiger partial charge in [0.25, 0.3) is 5.56 Å². The van der Waals surface area contributed by atoms with Gasteiger partial charge >= 0.3 is 0 Å². The minimum Gasteiger partial charge on any atom is -0.497 e. The fraction of sp³-hybridized carbons (Fsp3) is 0.150. The Morgan fingerprint density at radius 2 is 1.52 bits per heavy atom. The summed E-state index contributed by atoms with van der Waals surface area (Å²) in [5.41, 5.74) is 1.67. The third kappa shape index (κ3) is 4.52. The molecule has 0 fully saturated rings. The van der Waals surface area contributed by atoms with Crippen molar-refractivity contribution < 1.29 is 14.3 Å². The van der Waals surface area contributed by atoms with Crippen molar-refractivity contribution in [2.24, 2.45) is 0 Å². The number of methoxy groups -OCH3 is 2. The number of nitrogens with zero attached hydrogens (tertiary/aromatic N) is 2. The van der Waals surface area contributed by atoms with Gasteiger partial charge in [-0.25, -0.2) is 4.68 Å². The van der Waals surface area contributed by atoms with Gasteiger partial charge in [-0.15, -0.1) is 0 Å². The molecule has 0 aliphatic carbocycles. The van der Waals surface area contributed by atoms with Gasteiger partial charge in [-0.05, 0) is 54.6 Å². The molecule has 1 aromatic heterocycles. The Bertz CT molecular complexity index is 979. The maximum absolute atomic E-state index is 12.3. The van der Waals surface area contributed by atoms with Crippen LogP contribution in [0.15, 0.2) is 65.5 Å². The maximum atomic E-state index is 12.3. The molecule has 0 atom stereocenters. The highest BCUT2D eigenvalue weighted by molar-refractivity contribution is 5.90. The van der Waals surface area contributed by atoms with E-state index in [1.54, 1.807) is 44.6 Å². The van der Waals surface area contributed by atoms with E-state index in [0.29, 0.717) is 17.1 Å². The van der Waals surface area contributed by atoms with Crippen molar-refractivity contribution in [3.8, 4) is 22.8 Å². The highest BCUT2D eigenvalue weighted by Gasteiger charge is 2.09. The summed E-state index contributed by atoms with van der Waals surface area (Å²) in [6.07, 6.45) is 0. The Labute approximate surface area is 156 Å². The Morgan fingerprint density at radius 1 is 0.926 bits per heavy atom. The molecule has 7 nitrogen and oxygen atoms in total. The van der Waals surface area contributed by atoms with E-state index in [1.165, 1.54) is 6.07 Å². The molecule has 0 aliphatic rings. The minimum absolute atomic E-state index is 0.186. The lowest BCUT2D eigenvalue weighted by Gasteiger charge is -2.09. The molecule has 7 heteroatoms. The number of aromatic nitrogens is 2. The first-order valence-electron chi connectivity index (χ1n) is 8.25. The van der Waals surface area contributed by atoms with Gasteiger partial charge in [-0.3, -0.25) is 9.59 Å². The lowest BCUT2D eigenvalue weighted by molar-refractivity contribution is -0.117. The van der Waals surface area contributed by atoms with E-state index in [0.717, 1.165) is 16.0 Å². The van der Waals surface area contributed by atoms with E-state index >= 15 is 0 Å². The molecule has 0 radical (unpaired) electrons. The van der Waals surface area contributed by atoms with Gasteiger partial charge in [0, 0.05) is 17.3 Å². The highest BCUT2D eigenvalue weighted by atomic mass is 16.5. The van der Waals surface area contributed by atoms with E-state index in [-0.39, 0.29) is 18.0 Å². The van der Waals surface area contributed by atoms with Crippen LogP contribution in [0.3, 0.4) is 0 Å². The molecule has 138 valence electrons. The molecular weight excluding hydrogens is 346 g/mol. The van der Waals surface area contributed by atoms with Gasteiger partial charge in [-0.2, -0.15) is 5.10 Å². The van der Waals surface area contributed by atoms with Crippen LogP contribution in [0.25, 0.3) is 11.3 Å². The second-order valence-electron chi connectivity index (χ2n) is 5.72. The zero-order valence-corrected chi connectivity index (χ0v) is 15.0. The average Bonchev–Trinajstić information content (AvgIpc) is 2.70. The number of carbonyl (C=O) groups is 1. The van der Waals surface area contributed by atoms with Crippen molar-refractivity contribution in [3.63, 3.8) is 0 Å². The van der Waals surface area contributed by atoms with E-state index in [1.807, 2.05) is 24.3 Å². The fourth-order valence-corrected chi connectivity index (χ4v) is 2.49. The third-order valence-corrected chi connectivity index (χ3v) is 3.92. The topological polar surface area (TPSA) is 82.4 Å². The quantitative estimate of drug-likeness (QED) is 0.726. The fourth-order valence-electron chi connectivity index (χ4n) is 2.49. The van der Waals surface area contributed by atoms with Gasteiger partial charge < -0.3 is 14.8 Å². The number of amides is 1. The van der Waals surface area contributed by atoms with Crippen LogP contribution < -0.4 is 20.3 Å². The van der Waals surface area contributed by atoms with Crippen molar-refractivity contribution in [1.82, 2.24) is 9.78 Å². The largest absolute Gasteiger partial charge is 0.497 e. The first kappa shape index (κ1) is 18.2. The van der Waals surface area contributed by atoms with Gasteiger partial charge in [0.05, 0.1) is 19.9 Å². The summed E-state index contributed by atoms with van der Waals surface area (Å²) < 4.78 is 11.4. The Morgan fingerprint density at radius 3 is 2.11 bits per heavy atom. The molecule has 3 rings (SSSR count). The lowest BCUT2D eigenvalue weighted by Crippen LogP contribution is -2.29. The molecule has 3 aromatic rings. The molecule has 0 spiro atoms. The van der Waals surface area contributed by atoms with Crippen molar-refractivity contribution in [2.75, 3.05) is 19.5 Å². The van der Waals surface area contributed by atoms with Crippen molar-refractivity contribution in [1.29, 1.82) is 0 Å². The molecule has 0 saturated heterocycles. The summed E-state index contributed by atoms with van der Waals surface area (Å²) in [5.74, 6) is 1.07. The summed E-state index contributed by atoms with van der Waals surface area (Å²) in [6.45, 7) is -0.186. The Hall–Kier alpha value is -3.61. The second-order valence-corrected chi connectivity index (χ2v) is 5.72. The van der Waals surface area contributed by atoms with E-state index in [4.69, 9.17) is 9.47 Å². The van der Waals surface area contributed by atoms with Crippen molar-refractivity contribution in [2.45, 2.75) is 6.54 Å². The van der Waals surface area contributed by atoms with Crippen LogP contribution in [0.5, 0.6) is 11.5 Å². The summed E-state index contributed by atoms with van der Waals surface area (Å²) >= 11 is 0. The van der Waals surface area contributed by atoms with Crippen LogP contribution in [-0.2, 0) is 11.3 Å². The smallest absolute Gasteiger partial charge is 0.267 e. The van der Waals surface area contributed by atoms with Crippen LogP contribution in [-0.4, -0.2) is 29.9 Å². The zero-order chi connectivity index (χ0) is 19.2. The number of ether oxygens (including phenoxy) is 2. The SMILES string of the molecule is COc1ccc(NC(=O)Cn2nc(-c3ccc(OC)cc3)ccc2=O)cc1. The normalized spacial score (nSPS) is 10.3. The van der Waals surface area contributed by atoms with Crippen LogP contribution in [0, 0.1) is 0 Å². The third-order valence-electron chi connectivity index (χ3n) is 3.92. The van der Waals surface area contributed by atoms with Gasteiger partial charge in [-0.1, -0.05) is 0 Å². The van der Waals surface area contributed by atoms with Crippen LogP contribution >= 0.6 is 0 Å². The number of benzene rings is 2. The van der Waals surface area contributed by atoms with Gasteiger partial charge in [0.15, 0.2) is 0 Å².